The Morgan fingerprint density at radius 3 is 2.69 bits per heavy atom. The van der Waals surface area contributed by atoms with Gasteiger partial charge in [0, 0.05) is 17.0 Å². The molecule has 1 aromatic rings. The Labute approximate surface area is 83.8 Å². The van der Waals surface area contributed by atoms with Crippen molar-refractivity contribution in [2.24, 2.45) is 0 Å². The van der Waals surface area contributed by atoms with E-state index in [1.807, 2.05) is 0 Å². The minimum absolute atomic E-state index is 0.270. The molecule has 0 aliphatic carbocycles. The number of rotatable bonds is 4. The van der Waals surface area contributed by atoms with Gasteiger partial charge in [-0.2, -0.15) is 0 Å². The molecular formula is C9H9BrF2O. The summed E-state index contributed by atoms with van der Waals surface area (Å²) in [6.07, 6.45) is 0.328. The van der Waals surface area contributed by atoms with Gasteiger partial charge in [0.25, 0.3) is 0 Å². The van der Waals surface area contributed by atoms with Crippen molar-refractivity contribution in [3.63, 3.8) is 0 Å². The fourth-order valence-electron chi connectivity index (χ4n) is 0.856. The molecule has 1 rings (SSSR count). The third-order valence-electron chi connectivity index (χ3n) is 1.38. The molecule has 0 bridgehead atoms. The molecule has 13 heavy (non-hydrogen) atoms. The van der Waals surface area contributed by atoms with Crippen molar-refractivity contribution in [1.29, 1.82) is 0 Å². The van der Waals surface area contributed by atoms with Crippen LogP contribution in [0.4, 0.5) is 8.78 Å². The molecule has 0 unspecified atom stereocenters. The predicted molar refractivity (Wildman–Crippen MR) is 50.2 cm³/mol. The Morgan fingerprint density at radius 1 is 1.31 bits per heavy atom. The zero-order valence-corrected chi connectivity index (χ0v) is 8.48. The second-order valence-electron chi connectivity index (χ2n) is 2.50. The lowest BCUT2D eigenvalue weighted by Gasteiger charge is -2.04. The van der Waals surface area contributed by atoms with Crippen molar-refractivity contribution >= 4 is 15.9 Å². The minimum Gasteiger partial charge on any atom is -0.493 e. The van der Waals surface area contributed by atoms with Crippen LogP contribution in [0, 0.1) is 5.82 Å². The fraction of sp³-hybridized carbons (Fsp3) is 0.333. The molecular weight excluding hydrogens is 242 g/mol. The Balaban J connectivity index is 2.56. The molecule has 0 heterocycles. The Morgan fingerprint density at radius 2 is 2.08 bits per heavy atom. The van der Waals surface area contributed by atoms with Crippen molar-refractivity contribution in [2.75, 3.05) is 13.3 Å². The first kappa shape index (κ1) is 10.4. The molecule has 1 nitrogen and oxygen atoms in total. The zero-order valence-electron chi connectivity index (χ0n) is 6.90. The topological polar surface area (TPSA) is 9.23 Å². The molecule has 72 valence electrons. The van der Waals surface area contributed by atoms with Crippen LogP contribution in [0.2, 0.25) is 0 Å². The van der Waals surface area contributed by atoms with E-state index in [9.17, 15) is 8.78 Å². The van der Waals surface area contributed by atoms with Gasteiger partial charge in [-0.05, 0) is 12.1 Å². The maximum absolute atomic E-state index is 12.8. The maximum atomic E-state index is 12.8. The van der Waals surface area contributed by atoms with E-state index in [2.05, 4.69) is 15.9 Å². The highest BCUT2D eigenvalue weighted by molar-refractivity contribution is 9.10. The van der Waals surface area contributed by atoms with E-state index in [1.54, 1.807) is 6.07 Å². The van der Waals surface area contributed by atoms with Gasteiger partial charge in [-0.1, -0.05) is 15.9 Å². The largest absolute Gasteiger partial charge is 0.493 e. The number of hydrogen-bond donors (Lipinski definition) is 0. The van der Waals surface area contributed by atoms with Crippen LogP contribution >= 0.6 is 15.9 Å². The van der Waals surface area contributed by atoms with Crippen molar-refractivity contribution < 1.29 is 13.5 Å². The van der Waals surface area contributed by atoms with Crippen LogP contribution in [0.1, 0.15) is 6.42 Å². The summed E-state index contributed by atoms with van der Waals surface area (Å²) in [4.78, 5) is 0. The normalized spacial score (nSPS) is 10.1. The quantitative estimate of drug-likeness (QED) is 0.746. The highest BCUT2D eigenvalue weighted by Gasteiger charge is 1.99. The van der Waals surface area contributed by atoms with Crippen LogP contribution in [0.15, 0.2) is 22.7 Å². The molecule has 0 atom stereocenters. The highest BCUT2D eigenvalue weighted by Crippen LogP contribution is 2.20. The summed E-state index contributed by atoms with van der Waals surface area (Å²) in [5, 5.41) is 0. The van der Waals surface area contributed by atoms with Crippen molar-refractivity contribution in [3.05, 3.63) is 28.5 Å². The Hall–Kier alpha value is -0.640. The molecule has 1 aromatic carbocycles. The Bertz CT molecular complexity index is 258. The lowest BCUT2D eigenvalue weighted by molar-refractivity contribution is 0.288. The van der Waals surface area contributed by atoms with Crippen LogP contribution < -0.4 is 4.74 Å². The van der Waals surface area contributed by atoms with Gasteiger partial charge in [0.15, 0.2) is 0 Å². The van der Waals surface area contributed by atoms with Gasteiger partial charge in [0.1, 0.15) is 11.6 Å². The zero-order chi connectivity index (χ0) is 9.68. The van der Waals surface area contributed by atoms with Gasteiger partial charge in [-0.15, -0.1) is 0 Å². The first-order valence-corrected chi connectivity index (χ1v) is 4.66. The van der Waals surface area contributed by atoms with E-state index in [4.69, 9.17) is 4.74 Å². The van der Waals surface area contributed by atoms with Crippen LogP contribution in [0.3, 0.4) is 0 Å². The maximum Gasteiger partial charge on any atom is 0.128 e. The van der Waals surface area contributed by atoms with E-state index in [0.717, 1.165) is 0 Å². The first-order chi connectivity index (χ1) is 6.22. The van der Waals surface area contributed by atoms with Gasteiger partial charge in [-0.25, -0.2) is 4.39 Å². The molecule has 0 spiro atoms. The van der Waals surface area contributed by atoms with Crippen LogP contribution in [-0.4, -0.2) is 13.3 Å². The number of alkyl halides is 1. The van der Waals surface area contributed by atoms with Crippen LogP contribution in [0.5, 0.6) is 5.75 Å². The molecule has 0 N–H and O–H groups in total. The monoisotopic (exact) mass is 250 g/mol. The summed E-state index contributed by atoms with van der Waals surface area (Å²) < 4.78 is 30.2. The van der Waals surface area contributed by atoms with Gasteiger partial charge >= 0.3 is 0 Å². The van der Waals surface area contributed by atoms with Gasteiger partial charge in [0.2, 0.25) is 0 Å². The molecule has 0 saturated carbocycles. The van der Waals surface area contributed by atoms with Crippen LogP contribution in [0.25, 0.3) is 0 Å². The number of hydrogen-bond acceptors (Lipinski definition) is 1. The second-order valence-corrected chi connectivity index (χ2v) is 3.41. The lowest BCUT2D eigenvalue weighted by Crippen LogP contribution is -1.98. The smallest absolute Gasteiger partial charge is 0.128 e. The third-order valence-corrected chi connectivity index (χ3v) is 1.84. The average molecular weight is 251 g/mol. The van der Waals surface area contributed by atoms with E-state index >= 15 is 0 Å². The summed E-state index contributed by atoms with van der Waals surface area (Å²) >= 11 is 3.13. The highest BCUT2D eigenvalue weighted by atomic mass is 79.9. The third kappa shape index (κ3) is 3.72. The molecule has 0 fully saturated rings. The summed E-state index contributed by atoms with van der Waals surface area (Å²) in [5.74, 6) is 0.0462. The molecule has 0 amide bonds. The van der Waals surface area contributed by atoms with Gasteiger partial charge in [0.05, 0.1) is 13.3 Å². The van der Waals surface area contributed by atoms with Crippen molar-refractivity contribution in [1.82, 2.24) is 0 Å². The SMILES string of the molecule is FCCCOc1cc(F)cc(Br)c1. The van der Waals surface area contributed by atoms with Crippen molar-refractivity contribution in [3.8, 4) is 5.75 Å². The number of benzene rings is 1. The van der Waals surface area contributed by atoms with Crippen molar-refractivity contribution in [2.45, 2.75) is 6.42 Å². The predicted octanol–water partition coefficient (Wildman–Crippen LogP) is 3.33. The summed E-state index contributed by atoms with van der Waals surface area (Å²) in [6, 6.07) is 4.24. The first-order valence-electron chi connectivity index (χ1n) is 3.87. The molecule has 0 saturated heterocycles. The number of ether oxygens (including phenoxy) is 1. The minimum atomic E-state index is -0.420. The molecule has 4 heteroatoms. The second kappa shape index (κ2) is 5.17. The Kier molecular flexibility index (Phi) is 4.15. The molecule has 0 aromatic heterocycles. The van der Waals surface area contributed by atoms with Gasteiger partial charge in [-0.3, -0.25) is 4.39 Å². The van der Waals surface area contributed by atoms with E-state index in [0.29, 0.717) is 16.6 Å². The molecule has 0 radical (unpaired) electrons. The van der Waals surface area contributed by atoms with Crippen LogP contribution in [-0.2, 0) is 0 Å². The molecule has 0 aliphatic heterocycles. The standard InChI is InChI=1S/C9H9BrF2O/c10-7-4-8(12)6-9(5-7)13-3-1-2-11/h4-6H,1-3H2. The van der Waals surface area contributed by atoms with E-state index in [-0.39, 0.29) is 12.4 Å². The molecule has 0 aliphatic rings. The average Bonchev–Trinajstić information content (AvgIpc) is 2.03. The van der Waals surface area contributed by atoms with Gasteiger partial charge < -0.3 is 4.74 Å². The summed E-state index contributed by atoms with van der Waals surface area (Å²) in [6.45, 7) is -0.150. The summed E-state index contributed by atoms with van der Waals surface area (Å²) in [5.41, 5.74) is 0. The summed E-state index contributed by atoms with van der Waals surface area (Å²) in [7, 11) is 0. The number of halogens is 3. The van der Waals surface area contributed by atoms with E-state index < -0.39 is 6.67 Å². The van der Waals surface area contributed by atoms with E-state index in [1.165, 1.54) is 12.1 Å². The lowest BCUT2D eigenvalue weighted by atomic mass is 10.3. The fourth-order valence-corrected chi connectivity index (χ4v) is 1.30.